The zero-order chi connectivity index (χ0) is 34.3. The Balaban J connectivity index is 1.43. The van der Waals surface area contributed by atoms with Crippen LogP contribution in [0.4, 0.5) is 9.59 Å². The van der Waals surface area contributed by atoms with Crippen LogP contribution in [-0.2, 0) is 43.1 Å². The van der Waals surface area contributed by atoms with Crippen LogP contribution >= 0.6 is 7.60 Å². The predicted molar refractivity (Wildman–Crippen MR) is 172 cm³/mol. The first kappa shape index (κ1) is 35.2. The first-order chi connectivity index (χ1) is 22.0. The van der Waals surface area contributed by atoms with E-state index in [0.29, 0.717) is 19.5 Å². The molecule has 0 aromatic heterocycles. The number of amides is 4. The molecule has 4 bridgehead atoms. The van der Waals surface area contributed by atoms with Crippen molar-refractivity contribution in [2.75, 3.05) is 13.2 Å². The summed E-state index contributed by atoms with van der Waals surface area (Å²) in [6.07, 6.45) is 1.86. The zero-order valence-corrected chi connectivity index (χ0v) is 28.9. The molecule has 3 heterocycles. The molecule has 4 aliphatic rings. The first-order valence-electron chi connectivity index (χ1n) is 16.7. The summed E-state index contributed by atoms with van der Waals surface area (Å²) in [5, 5.41) is 3.57. The lowest BCUT2D eigenvalue weighted by atomic mass is 9.87. The van der Waals surface area contributed by atoms with E-state index in [9.17, 15) is 33.5 Å². The lowest BCUT2D eigenvalue weighted by molar-refractivity contribution is -0.141. The molecular formula is C33H49N4O9P. The van der Waals surface area contributed by atoms with Crippen molar-refractivity contribution in [2.24, 2.45) is 17.3 Å². The third kappa shape index (κ3) is 7.47. The van der Waals surface area contributed by atoms with Crippen LogP contribution in [0.1, 0.15) is 89.8 Å². The van der Waals surface area contributed by atoms with Crippen molar-refractivity contribution in [3.8, 4) is 0 Å². The Kier molecular flexibility index (Phi) is 10.0. The smallest absolute Gasteiger partial charge is 0.410 e. The summed E-state index contributed by atoms with van der Waals surface area (Å²) < 4.78 is 24.0. The molecular weight excluding hydrogens is 627 g/mol. The molecule has 1 aliphatic carbocycles. The van der Waals surface area contributed by atoms with Crippen LogP contribution in [0.15, 0.2) is 18.2 Å². The van der Waals surface area contributed by atoms with E-state index in [-0.39, 0.29) is 31.4 Å². The standard InChI is InChI=1S/C33H49N4O9P/c1-6-23-15-33(23,47(42,43)44)35-28(38)26-14-24-17-37(26)29(39)27(20(2)3)34-30(40)45-19-32(4,5)13-8-7-10-21-11-9-12-22-16-36(18-25(21)22)31(41)46-24/h9,11-12,20,23-24,26-27H,6-8,10,13-19H2,1-5H3,(H,34,40)(H,35,38)(H2,42,43,44)/t23-,24?,26-,27-,33+/m0/s1. The number of nitrogens with one attached hydrogen (secondary N) is 2. The minimum Gasteiger partial charge on any atom is -0.449 e. The number of aryl methyl sites for hydroxylation is 1. The number of nitrogens with zero attached hydrogens (tertiary/aromatic N) is 2. The fraction of sp³-hybridized carbons (Fsp3) is 0.697. The van der Waals surface area contributed by atoms with Crippen molar-refractivity contribution in [2.45, 2.75) is 116 Å². The third-order valence-electron chi connectivity index (χ3n) is 10.2. The third-order valence-corrected chi connectivity index (χ3v) is 11.9. The van der Waals surface area contributed by atoms with Crippen molar-refractivity contribution in [3.05, 3.63) is 34.9 Å². The average molecular weight is 677 g/mol. The highest BCUT2D eigenvalue weighted by Crippen LogP contribution is 2.67. The van der Waals surface area contributed by atoms with Crippen LogP contribution in [0.3, 0.4) is 0 Å². The Labute approximate surface area is 276 Å². The first-order valence-corrected chi connectivity index (χ1v) is 18.3. The minimum atomic E-state index is -4.73. The van der Waals surface area contributed by atoms with Crippen molar-refractivity contribution in [3.63, 3.8) is 0 Å². The van der Waals surface area contributed by atoms with Gasteiger partial charge in [0, 0.05) is 19.5 Å². The lowest BCUT2D eigenvalue weighted by Gasteiger charge is -2.31. The van der Waals surface area contributed by atoms with Gasteiger partial charge in [0.15, 0.2) is 0 Å². The number of ether oxygens (including phenoxy) is 2. The molecule has 14 heteroatoms. The molecule has 4 amide bonds. The summed E-state index contributed by atoms with van der Waals surface area (Å²) in [4.78, 5) is 77.5. The normalized spacial score (nSPS) is 30.0. The number of alkyl carbamates (subject to hydrolysis) is 1. The maximum Gasteiger partial charge on any atom is 0.410 e. The fourth-order valence-electron chi connectivity index (χ4n) is 7.24. The van der Waals surface area contributed by atoms with Gasteiger partial charge in [-0.15, -0.1) is 0 Å². The van der Waals surface area contributed by atoms with Gasteiger partial charge in [-0.3, -0.25) is 19.1 Å². The number of carbonyl (C=O) groups excluding carboxylic acids is 4. The van der Waals surface area contributed by atoms with E-state index in [4.69, 9.17) is 9.47 Å². The van der Waals surface area contributed by atoms with E-state index in [1.165, 1.54) is 10.5 Å². The zero-order valence-electron chi connectivity index (χ0n) is 28.0. The van der Waals surface area contributed by atoms with Crippen LogP contribution < -0.4 is 10.6 Å². The Morgan fingerprint density at radius 1 is 1.15 bits per heavy atom. The molecule has 1 unspecified atom stereocenters. The van der Waals surface area contributed by atoms with Crippen LogP contribution in [0, 0.1) is 17.3 Å². The van der Waals surface area contributed by atoms with Gasteiger partial charge in [0.1, 0.15) is 23.5 Å². The van der Waals surface area contributed by atoms with Gasteiger partial charge < -0.3 is 34.8 Å². The van der Waals surface area contributed by atoms with Gasteiger partial charge in [-0.2, -0.15) is 0 Å². The summed E-state index contributed by atoms with van der Waals surface area (Å²) in [6, 6.07) is 3.84. The van der Waals surface area contributed by atoms with Gasteiger partial charge >= 0.3 is 19.8 Å². The molecule has 1 saturated carbocycles. The van der Waals surface area contributed by atoms with Gasteiger partial charge in [-0.25, -0.2) is 9.59 Å². The van der Waals surface area contributed by atoms with Crippen molar-refractivity contribution < 1.29 is 43.0 Å². The maximum absolute atomic E-state index is 14.1. The van der Waals surface area contributed by atoms with Gasteiger partial charge in [0.25, 0.3) is 0 Å². The van der Waals surface area contributed by atoms with E-state index >= 15 is 0 Å². The highest BCUT2D eigenvalue weighted by molar-refractivity contribution is 7.54. The maximum atomic E-state index is 14.1. The van der Waals surface area contributed by atoms with E-state index in [0.717, 1.165) is 36.8 Å². The van der Waals surface area contributed by atoms with Crippen molar-refractivity contribution in [1.29, 1.82) is 0 Å². The average Bonchev–Trinajstić information content (AvgIpc) is 3.32. The molecule has 47 heavy (non-hydrogen) atoms. The quantitative estimate of drug-likeness (QED) is 0.336. The summed E-state index contributed by atoms with van der Waals surface area (Å²) in [5.41, 5.74) is 3.05. The molecule has 1 aromatic carbocycles. The minimum absolute atomic E-state index is 0.0627. The van der Waals surface area contributed by atoms with E-state index in [1.807, 2.05) is 26.0 Å². The van der Waals surface area contributed by atoms with Gasteiger partial charge in [0.05, 0.1) is 13.2 Å². The predicted octanol–water partition coefficient (Wildman–Crippen LogP) is 4.03. The molecule has 5 rings (SSSR count). The summed E-state index contributed by atoms with van der Waals surface area (Å²) in [6.45, 7) is 10.2. The fourth-order valence-corrected chi connectivity index (χ4v) is 8.61. The van der Waals surface area contributed by atoms with Gasteiger partial charge in [-0.05, 0) is 59.6 Å². The molecule has 4 N–H and O–H groups in total. The number of rotatable bonds is 5. The Morgan fingerprint density at radius 3 is 2.53 bits per heavy atom. The summed E-state index contributed by atoms with van der Waals surface area (Å²) >= 11 is 0. The van der Waals surface area contributed by atoms with Crippen molar-refractivity contribution in [1.82, 2.24) is 20.4 Å². The van der Waals surface area contributed by atoms with Crippen LogP contribution in [0.5, 0.6) is 0 Å². The second kappa shape index (κ2) is 13.4. The molecule has 13 nitrogen and oxygen atoms in total. The molecule has 1 saturated heterocycles. The number of benzene rings is 1. The van der Waals surface area contributed by atoms with Crippen molar-refractivity contribution >= 4 is 31.6 Å². The number of hydrogen-bond donors (Lipinski definition) is 4. The Bertz CT molecular complexity index is 1440. The summed E-state index contributed by atoms with van der Waals surface area (Å²) in [7, 11) is -4.73. The molecule has 2 fully saturated rings. The van der Waals surface area contributed by atoms with E-state index in [1.54, 1.807) is 25.7 Å². The van der Waals surface area contributed by atoms with Crippen LogP contribution in [0.2, 0.25) is 0 Å². The topological polar surface area (TPSA) is 175 Å². The molecule has 0 radical (unpaired) electrons. The van der Waals surface area contributed by atoms with Crippen LogP contribution in [0.25, 0.3) is 0 Å². The monoisotopic (exact) mass is 676 g/mol. The molecule has 0 spiro atoms. The lowest BCUT2D eigenvalue weighted by Crippen LogP contribution is -2.56. The largest absolute Gasteiger partial charge is 0.449 e. The second-order valence-electron chi connectivity index (χ2n) is 14.7. The number of fused-ring (bicyclic) bond motifs is 3. The van der Waals surface area contributed by atoms with Gasteiger partial charge in [0.2, 0.25) is 11.8 Å². The molecule has 260 valence electrons. The Hall–Kier alpha value is -3.15. The molecule has 3 aliphatic heterocycles. The second-order valence-corrected chi connectivity index (χ2v) is 16.6. The van der Waals surface area contributed by atoms with Gasteiger partial charge in [-0.1, -0.05) is 65.7 Å². The van der Waals surface area contributed by atoms with E-state index < -0.39 is 66.9 Å². The van der Waals surface area contributed by atoms with E-state index in [2.05, 4.69) is 16.7 Å². The SMILES string of the molecule is CC[C@H]1C[C@@]1(NC(=O)[C@@H]1CC2CN1C(=O)[C@H](C(C)C)NC(=O)OCC(C)(C)CCCCc1cccc3c1CN(C3)C(=O)O2)P(=O)(O)O. The number of cyclic esters (lactones) is 1. The number of hydrogen-bond acceptors (Lipinski definition) is 7. The highest BCUT2D eigenvalue weighted by atomic mass is 31.2. The molecule has 1 aromatic rings. The summed E-state index contributed by atoms with van der Waals surface area (Å²) in [5.74, 6) is -2.11. The highest BCUT2D eigenvalue weighted by Gasteiger charge is 2.66. The molecule has 5 atom stereocenters. The number of carbonyl (C=O) groups is 4. The Morgan fingerprint density at radius 2 is 1.87 bits per heavy atom. The van der Waals surface area contributed by atoms with Crippen LogP contribution in [-0.4, -0.2) is 80.2 Å².